The molecule has 22 heavy (non-hydrogen) atoms. The smallest absolute Gasteiger partial charge is 0.337 e. The van der Waals surface area contributed by atoms with E-state index in [9.17, 15) is 13.6 Å². The van der Waals surface area contributed by atoms with E-state index >= 15 is 0 Å². The number of rotatable bonds is 2. The summed E-state index contributed by atoms with van der Waals surface area (Å²) in [6.45, 7) is 0. The lowest BCUT2D eigenvalue weighted by molar-refractivity contribution is 0.0600. The number of hydrogen-bond donors (Lipinski definition) is 0. The lowest BCUT2D eigenvalue weighted by Gasteiger charge is -2.14. The minimum atomic E-state index is -3.20. The van der Waals surface area contributed by atoms with Crippen LogP contribution in [0.4, 0.5) is 14.5 Å². The van der Waals surface area contributed by atoms with Gasteiger partial charge in [-0.15, -0.1) is 0 Å². The fourth-order valence-electron chi connectivity index (χ4n) is 2.31. The summed E-state index contributed by atoms with van der Waals surface area (Å²) in [6, 6.07) is 9.79. The second-order valence-corrected chi connectivity index (χ2v) is 5.20. The Labute approximate surface area is 130 Å². The van der Waals surface area contributed by atoms with Crippen LogP contribution in [0.3, 0.4) is 0 Å². The van der Waals surface area contributed by atoms with Crippen LogP contribution in [0.5, 0.6) is 0 Å². The van der Waals surface area contributed by atoms with E-state index in [1.807, 2.05) is 0 Å². The number of alkyl halides is 2. The lowest BCUT2D eigenvalue weighted by atomic mass is 9.99. The Morgan fingerprint density at radius 3 is 2.50 bits per heavy atom. The molecular weight excluding hydrogens is 312 g/mol. The molecule has 0 bridgehead atoms. The van der Waals surface area contributed by atoms with Gasteiger partial charge in [0.15, 0.2) is 0 Å². The molecule has 0 saturated carbocycles. The minimum absolute atomic E-state index is 0.157. The average molecular weight is 322 g/mol. The first-order valence-electron chi connectivity index (χ1n) is 6.39. The maximum Gasteiger partial charge on any atom is 0.337 e. The maximum absolute atomic E-state index is 14.5. The molecule has 0 aromatic heterocycles. The number of benzene rings is 2. The predicted octanol–water partition coefficient (Wildman–Crippen LogP) is 4.35. The Hall–Kier alpha value is -2.27. The lowest BCUT2D eigenvalue weighted by Crippen LogP contribution is -2.23. The minimum Gasteiger partial charge on any atom is -0.465 e. The summed E-state index contributed by atoms with van der Waals surface area (Å²) < 4.78 is 33.5. The van der Waals surface area contributed by atoms with E-state index in [1.165, 1.54) is 49.6 Å². The summed E-state index contributed by atoms with van der Waals surface area (Å²) in [5.74, 6) is -3.73. The molecule has 0 N–H and O–H groups in total. The Balaban J connectivity index is 2.02. The molecule has 0 unspecified atom stereocenters. The van der Waals surface area contributed by atoms with Crippen molar-refractivity contribution in [3.8, 4) is 0 Å². The third kappa shape index (κ3) is 2.27. The summed E-state index contributed by atoms with van der Waals surface area (Å²) in [7, 11) is 1.26. The molecule has 6 heteroatoms. The number of esters is 1. The SMILES string of the molecule is COC(=O)c1ccc(C2=Nc3cc(Cl)ccc3C2(F)F)cc1. The highest BCUT2D eigenvalue weighted by Gasteiger charge is 2.45. The summed E-state index contributed by atoms with van der Waals surface area (Å²) in [6.07, 6.45) is 0. The van der Waals surface area contributed by atoms with Gasteiger partial charge < -0.3 is 4.74 Å². The molecule has 1 heterocycles. The van der Waals surface area contributed by atoms with Gasteiger partial charge in [-0.1, -0.05) is 23.7 Å². The van der Waals surface area contributed by atoms with Gasteiger partial charge in [0.2, 0.25) is 0 Å². The Morgan fingerprint density at radius 2 is 1.86 bits per heavy atom. The number of carbonyl (C=O) groups is 1. The molecule has 0 radical (unpaired) electrons. The first kappa shape index (κ1) is 14.7. The maximum atomic E-state index is 14.5. The average Bonchev–Trinajstić information content (AvgIpc) is 2.77. The van der Waals surface area contributed by atoms with Gasteiger partial charge in [0.1, 0.15) is 5.71 Å². The number of nitrogens with zero attached hydrogens (tertiary/aromatic N) is 1. The normalized spacial score (nSPS) is 15.2. The van der Waals surface area contributed by atoms with Crippen LogP contribution < -0.4 is 0 Å². The zero-order valence-corrected chi connectivity index (χ0v) is 12.2. The van der Waals surface area contributed by atoms with Crippen molar-refractivity contribution in [3.05, 3.63) is 64.2 Å². The molecular formula is C16H10ClF2NO2. The van der Waals surface area contributed by atoms with Gasteiger partial charge in [-0.05, 0) is 30.3 Å². The third-order valence-electron chi connectivity index (χ3n) is 3.41. The summed E-state index contributed by atoms with van der Waals surface area (Å²) in [5.41, 5.74) is 0.147. The molecule has 1 aliphatic rings. The monoisotopic (exact) mass is 321 g/mol. The molecule has 3 rings (SSSR count). The number of hydrogen-bond acceptors (Lipinski definition) is 3. The van der Waals surface area contributed by atoms with Gasteiger partial charge in [0.05, 0.1) is 23.9 Å². The van der Waals surface area contributed by atoms with E-state index in [1.54, 1.807) is 0 Å². The molecule has 0 amide bonds. The molecule has 1 aliphatic heterocycles. The molecule has 0 spiro atoms. The molecule has 0 saturated heterocycles. The number of methoxy groups -OCH3 is 1. The quantitative estimate of drug-likeness (QED) is 0.771. The zero-order chi connectivity index (χ0) is 15.9. The van der Waals surface area contributed by atoms with Gasteiger partial charge in [-0.2, -0.15) is 8.78 Å². The molecule has 0 aliphatic carbocycles. The van der Waals surface area contributed by atoms with Crippen LogP contribution in [-0.2, 0) is 10.7 Å². The second-order valence-electron chi connectivity index (χ2n) is 4.77. The Bertz CT molecular complexity index is 785. The van der Waals surface area contributed by atoms with Crippen LogP contribution in [-0.4, -0.2) is 18.8 Å². The molecule has 112 valence electrons. The van der Waals surface area contributed by atoms with Crippen LogP contribution in [0.2, 0.25) is 5.02 Å². The standard InChI is InChI=1S/C16H10ClF2NO2/c1-22-15(21)10-4-2-9(3-5-10)14-16(18,19)12-7-6-11(17)8-13(12)20-14/h2-8H,1H3. The van der Waals surface area contributed by atoms with Gasteiger partial charge in [-0.3, -0.25) is 0 Å². The summed E-state index contributed by atoms with van der Waals surface area (Å²) in [4.78, 5) is 15.4. The fraction of sp³-hybridized carbons (Fsp3) is 0.125. The van der Waals surface area contributed by atoms with E-state index in [0.717, 1.165) is 0 Å². The van der Waals surface area contributed by atoms with Crippen molar-refractivity contribution < 1.29 is 18.3 Å². The van der Waals surface area contributed by atoms with E-state index in [0.29, 0.717) is 5.02 Å². The topological polar surface area (TPSA) is 38.7 Å². The third-order valence-corrected chi connectivity index (χ3v) is 3.64. The highest BCUT2D eigenvalue weighted by molar-refractivity contribution is 6.31. The van der Waals surface area contributed by atoms with Crippen molar-refractivity contribution in [1.82, 2.24) is 0 Å². The van der Waals surface area contributed by atoms with Crippen LogP contribution in [0.1, 0.15) is 21.5 Å². The molecule has 0 atom stereocenters. The van der Waals surface area contributed by atoms with Crippen molar-refractivity contribution in [2.24, 2.45) is 4.99 Å². The number of aliphatic imine (C=N–C) groups is 1. The molecule has 2 aromatic carbocycles. The fourth-order valence-corrected chi connectivity index (χ4v) is 2.48. The van der Waals surface area contributed by atoms with Gasteiger partial charge >= 0.3 is 11.9 Å². The van der Waals surface area contributed by atoms with Gasteiger partial charge in [0, 0.05) is 10.6 Å². The Kier molecular flexibility index (Phi) is 3.45. The highest BCUT2D eigenvalue weighted by atomic mass is 35.5. The predicted molar refractivity (Wildman–Crippen MR) is 79.3 cm³/mol. The van der Waals surface area contributed by atoms with Gasteiger partial charge in [-0.25, -0.2) is 9.79 Å². The van der Waals surface area contributed by atoms with Crippen LogP contribution in [0.15, 0.2) is 47.5 Å². The van der Waals surface area contributed by atoms with E-state index < -0.39 is 11.9 Å². The molecule has 0 fully saturated rings. The first-order valence-corrected chi connectivity index (χ1v) is 6.77. The van der Waals surface area contributed by atoms with E-state index in [2.05, 4.69) is 9.73 Å². The van der Waals surface area contributed by atoms with Gasteiger partial charge in [0.25, 0.3) is 0 Å². The number of halogens is 3. The number of ether oxygens (including phenoxy) is 1. The second kappa shape index (κ2) is 5.18. The Morgan fingerprint density at radius 1 is 1.18 bits per heavy atom. The zero-order valence-electron chi connectivity index (χ0n) is 11.4. The van der Waals surface area contributed by atoms with Crippen molar-refractivity contribution >= 4 is 29.0 Å². The van der Waals surface area contributed by atoms with Crippen LogP contribution in [0, 0.1) is 0 Å². The number of carbonyl (C=O) groups excluding carboxylic acids is 1. The summed E-state index contributed by atoms with van der Waals surface area (Å²) >= 11 is 5.82. The van der Waals surface area contributed by atoms with Crippen molar-refractivity contribution in [1.29, 1.82) is 0 Å². The van der Waals surface area contributed by atoms with Crippen LogP contribution in [0.25, 0.3) is 0 Å². The van der Waals surface area contributed by atoms with Crippen molar-refractivity contribution in [2.75, 3.05) is 7.11 Å². The highest BCUT2D eigenvalue weighted by Crippen LogP contribution is 2.45. The number of fused-ring (bicyclic) bond motifs is 1. The summed E-state index contributed by atoms with van der Waals surface area (Å²) in [5, 5.41) is 0.348. The molecule has 3 nitrogen and oxygen atoms in total. The van der Waals surface area contributed by atoms with E-state index in [-0.39, 0.29) is 28.1 Å². The van der Waals surface area contributed by atoms with Crippen molar-refractivity contribution in [3.63, 3.8) is 0 Å². The van der Waals surface area contributed by atoms with E-state index in [4.69, 9.17) is 11.6 Å². The van der Waals surface area contributed by atoms with Crippen LogP contribution >= 0.6 is 11.6 Å². The first-order chi connectivity index (χ1) is 10.4. The molecule has 2 aromatic rings. The largest absolute Gasteiger partial charge is 0.465 e. The van der Waals surface area contributed by atoms with Crippen molar-refractivity contribution in [2.45, 2.75) is 5.92 Å².